The van der Waals surface area contributed by atoms with Crippen LogP contribution in [0.2, 0.25) is 0 Å². The van der Waals surface area contributed by atoms with Crippen LogP contribution >= 0.6 is 0 Å². The maximum atomic E-state index is 5.74. The predicted octanol–water partition coefficient (Wildman–Crippen LogP) is 3.44. The molecule has 0 aliphatic carbocycles. The molecule has 2 heterocycles. The fraction of sp³-hybridized carbons (Fsp3) is 0.444. The van der Waals surface area contributed by atoms with Gasteiger partial charge in [0, 0.05) is 6.04 Å². The summed E-state index contributed by atoms with van der Waals surface area (Å²) < 4.78 is 5.74. The molecule has 0 saturated carbocycles. The van der Waals surface area contributed by atoms with Gasteiger partial charge in [-0.1, -0.05) is 30.3 Å². The number of benzene rings is 1. The van der Waals surface area contributed by atoms with Gasteiger partial charge >= 0.3 is 0 Å². The summed E-state index contributed by atoms with van der Waals surface area (Å²) in [6.07, 6.45) is 5.45. The van der Waals surface area contributed by atoms with Crippen LogP contribution in [0.1, 0.15) is 36.6 Å². The molecule has 1 aromatic carbocycles. The molecule has 0 bridgehead atoms. The summed E-state index contributed by atoms with van der Waals surface area (Å²) >= 11 is 0. The van der Waals surface area contributed by atoms with E-state index < -0.39 is 0 Å². The Labute approximate surface area is 127 Å². The Kier molecular flexibility index (Phi) is 4.73. The van der Waals surface area contributed by atoms with Gasteiger partial charge in [0.1, 0.15) is 5.76 Å². The summed E-state index contributed by atoms with van der Waals surface area (Å²) in [5, 5.41) is 3.50. The average Bonchev–Trinajstić information content (AvgIpc) is 2.90. The Morgan fingerprint density at radius 3 is 2.71 bits per heavy atom. The first kappa shape index (κ1) is 14.4. The zero-order valence-corrected chi connectivity index (χ0v) is 12.7. The van der Waals surface area contributed by atoms with Gasteiger partial charge in [-0.3, -0.25) is 4.90 Å². The van der Waals surface area contributed by atoms with Gasteiger partial charge < -0.3 is 9.73 Å². The molecule has 1 N–H and O–H groups in total. The second-order valence-corrected chi connectivity index (χ2v) is 5.83. The van der Waals surface area contributed by atoms with Gasteiger partial charge in [0.05, 0.1) is 12.3 Å². The van der Waals surface area contributed by atoms with Crippen molar-refractivity contribution in [2.45, 2.75) is 31.3 Å². The Hall–Kier alpha value is -1.58. The van der Waals surface area contributed by atoms with Crippen LogP contribution in [-0.2, 0) is 0 Å². The number of nitrogens with zero attached hydrogens (tertiary/aromatic N) is 1. The van der Waals surface area contributed by atoms with E-state index >= 15 is 0 Å². The van der Waals surface area contributed by atoms with Crippen LogP contribution in [0, 0.1) is 0 Å². The molecule has 112 valence electrons. The summed E-state index contributed by atoms with van der Waals surface area (Å²) in [5.74, 6) is 1.03. The van der Waals surface area contributed by atoms with Crippen molar-refractivity contribution in [2.75, 3.05) is 20.1 Å². The molecule has 3 rings (SSSR count). The van der Waals surface area contributed by atoms with Gasteiger partial charge in [-0.15, -0.1) is 0 Å². The fourth-order valence-corrected chi connectivity index (χ4v) is 3.30. The van der Waals surface area contributed by atoms with Crippen LogP contribution in [0.4, 0.5) is 0 Å². The van der Waals surface area contributed by atoms with Crippen LogP contribution in [0.25, 0.3) is 0 Å². The Morgan fingerprint density at radius 2 is 1.95 bits per heavy atom. The Bertz CT molecular complexity index is 515. The second-order valence-electron chi connectivity index (χ2n) is 5.83. The van der Waals surface area contributed by atoms with Gasteiger partial charge in [-0.05, 0) is 57.1 Å². The first-order valence-corrected chi connectivity index (χ1v) is 7.87. The molecule has 1 aromatic heterocycles. The summed E-state index contributed by atoms with van der Waals surface area (Å²) in [6, 6.07) is 15.5. The van der Waals surface area contributed by atoms with Crippen LogP contribution in [-0.4, -0.2) is 31.1 Å². The van der Waals surface area contributed by atoms with E-state index in [-0.39, 0.29) is 6.04 Å². The molecule has 0 radical (unpaired) electrons. The lowest BCUT2D eigenvalue weighted by atomic mass is 9.99. The SMILES string of the molecule is CN(C1CCCNCC1)C(c1ccccc1)c1ccco1. The molecule has 1 fully saturated rings. The van der Waals surface area contributed by atoms with Crippen molar-refractivity contribution >= 4 is 0 Å². The highest BCUT2D eigenvalue weighted by Crippen LogP contribution is 2.31. The number of rotatable bonds is 4. The molecular weight excluding hydrogens is 260 g/mol. The van der Waals surface area contributed by atoms with Crippen LogP contribution < -0.4 is 5.32 Å². The monoisotopic (exact) mass is 284 g/mol. The van der Waals surface area contributed by atoms with E-state index in [1.807, 2.05) is 6.07 Å². The number of hydrogen-bond acceptors (Lipinski definition) is 3. The van der Waals surface area contributed by atoms with E-state index in [0.717, 1.165) is 18.8 Å². The smallest absolute Gasteiger partial charge is 0.125 e. The average molecular weight is 284 g/mol. The molecule has 2 aromatic rings. The molecule has 2 unspecified atom stereocenters. The quantitative estimate of drug-likeness (QED) is 0.932. The van der Waals surface area contributed by atoms with E-state index in [0.29, 0.717) is 6.04 Å². The fourth-order valence-electron chi connectivity index (χ4n) is 3.30. The number of furan rings is 1. The van der Waals surface area contributed by atoms with E-state index in [1.165, 1.54) is 24.8 Å². The molecule has 0 spiro atoms. The number of hydrogen-bond donors (Lipinski definition) is 1. The molecule has 1 saturated heterocycles. The van der Waals surface area contributed by atoms with Crippen molar-refractivity contribution in [2.24, 2.45) is 0 Å². The minimum Gasteiger partial charge on any atom is -0.467 e. The Morgan fingerprint density at radius 1 is 1.10 bits per heavy atom. The molecule has 3 heteroatoms. The van der Waals surface area contributed by atoms with Crippen molar-refractivity contribution in [3.8, 4) is 0 Å². The molecule has 21 heavy (non-hydrogen) atoms. The highest BCUT2D eigenvalue weighted by Gasteiger charge is 2.27. The van der Waals surface area contributed by atoms with E-state index in [4.69, 9.17) is 4.42 Å². The van der Waals surface area contributed by atoms with Crippen molar-refractivity contribution in [3.05, 3.63) is 60.1 Å². The first-order valence-electron chi connectivity index (χ1n) is 7.87. The normalized spacial score (nSPS) is 21.1. The van der Waals surface area contributed by atoms with Crippen molar-refractivity contribution < 1.29 is 4.42 Å². The summed E-state index contributed by atoms with van der Waals surface area (Å²) in [7, 11) is 2.23. The van der Waals surface area contributed by atoms with Gasteiger partial charge in [0.15, 0.2) is 0 Å². The van der Waals surface area contributed by atoms with Gasteiger partial charge in [-0.2, -0.15) is 0 Å². The van der Waals surface area contributed by atoms with Gasteiger partial charge in [-0.25, -0.2) is 0 Å². The zero-order chi connectivity index (χ0) is 14.5. The van der Waals surface area contributed by atoms with Crippen molar-refractivity contribution in [3.63, 3.8) is 0 Å². The standard InChI is InChI=1S/C18H24N2O/c1-20(16-9-5-12-19-13-11-16)18(17-10-6-14-21-17)15-7-3-2-4-8-15/h2-4,6-8,10,14,16,18-19H,5,9,11-13H2,1H3. The van der Waals surface area contributed by atoms with Crippen LogP contribution in [0.5, 0.6) is 0 Å². The maximum absolute atomic E-state index is 5.74. The van der Waals surface area contributed by atoms with Gasteiger partial charge in [0.25, 0.3) is 0 Å². The van der Waals surface area contributed by atoms with Gasteiger partial charge in [0.2, 0.25) is 0 Å². The largest absolute Gasteiger partial charge is 0.467 e. The minimum atomic E-state index is 0.198. The summed E-state index contributed by atoms with van der Waals surface area (Å²) in [6.45, 7) is 2.25. The third-order valence-corrected chi connectivity index (χ3v) is 4.46. The van der Waals surface area contributed by atoms with Crippen molar-refractivity contribution in [1.29, 1.82) is 0 Å². The topological polar surface area (TPSA) is 28.4 Å². The van der Waals surface area contributed by atoms with Crippen LogP contribution in [0.15, 0.2) is 53.1 Å². The molecule has 0 amide bonds. The first-order chi connectivity index (χ1) is 10.4. The van der Waals surface area contributed by atoms with Crippen LogP contribution in [0.3, 0.4) is 0 Å². The number of nitrogens with one attached hydrogen (secondary N) is 1. The highest BCUT2D eigenvalue weighted by molar-refractivity contribution is 5.26. The van der Waals surface area contributed by atoms with E-state index in [2.05, 4.69) is 53.7 Å². The summed E-state index contributed by atoms with van der Waals surface area (Å²) in [5.41, 5.74) is 1.30. The molecular formula is C18H24N2O. The second kappa shape index (κ2) is 6.92. The summed E-state index contributed by atoms with van der Waals surface area (Å²) in [4.78, 5) is 2.49. The molecule has 1 aliphatic heterocycles. The third-order valence-electron chi connectivity index (χ3n) is 4.46. The minimum absolute atomic E-state index is 0.198. The molecule has 1 aliphatic rings. The molecule has 2 atom stereocenters. The zero-order valence-electron chi connectivity index (χ0n) is 12.7. The van der Waals surface area contributed by atoms with E-state index in [1.54, 1.807) is 6.26 Å². The Balaban J connectivity index is 1.88. The predicted molar refractivity (Wildman–Crippen MR) is 85.3 cm³/mol. The molecule has 3 nitrogen and oxygen atoms in total. The highest BCUT2D eigenvalue weighted by atomic mass is 16.3. The van der Waals surface area contributed by atoms with E-state index in [9.17, 15) is 0 Å². The lowest BCUT2D eigenvalue weighted by molar-refractivity contribution is 0.166. The lowest BCUT2D eigenvalue weighted by Gasteiger charge is -2.34. The lowest BCUT2D eigenvalue weighted by Crippen LogP contribution is -2.36. The van der Waals surface area contributed by atoms with Crippen molar-refractivity contribution in [1.82, 2.24) is 10.2 Å². The maximum Gasteiger partial charge on any atom is 0.125 e. The third kappa shape index (κ3) is 3.36.